The number of rotatable bonds is 15. The quantitative estimate of drug-likeness (QED) is 0.307. The molecular weight excluding hydrogens is 398 g/mol. The zero-order valence-corrected chi connectivity index (χ0v) is 18.0. The number of carbonyl (C=O) groups is 3. The van der Waals surface area contributed by atoms with E-state index in [1.807, 2.05) is 35.2 Å². The maximum absolute atomic E-state index is 13.4. The highest BCUT2D eigenvalue weighted by molar-refractivity contribution is 5.92. The first-order valence-corrected chi connectivity index (χ1v) is 11.1. The van der Waals surface area contributed by atoms with Crippen molar-refractivity contribution in [2.75, 3.05) is 19.6 Å². The fraction of sp³-hybridized carbons (Fsp3) is 0.609. The van der Waals surface area contributed by atoms with Crippen molar-refractivity contribution in [2.45, 2.75) is 69.5 Å². The maximum atomic E-state index is 13.4. The second-order valence-corrected chi connectivity index (χ2v) is 8.18. The molecule has 0 radical (unpaired) electrons. The summed E-state index contributed by atoms with van der Waals surface area (Å²) in [5.41, 5.74) is 6.62. The van der Waals surface area contributed by atoms with Gasteiger partial charge in [0, 0.05) is 0 Å². The van der Waals surface area contributed by atoms with Crippen LogP contribution in [0.3, 0.4) is 0 Å². The minimum Gasteiger partial charge on any atom is -0.481 e. The Morgan fingerprint density at radius 3 is 2.26 bits per heavy atom. The van der Waals surface area contributed by atoms with Crippen LogP contribution in [0.5, 0.6) is 0 Å². The molecule has 8 heteroatoms. The topological polar surface area (TPSA) is 133 Å². The summed E-state index contributed by atoms with van der Waals surface area (Å²) in [6.45, 7) is 1.87. The van der Waals surface area contributed by atoms with E-state index < -0.39 is 30.1 Å². The highest BCUT2D eigenvalue weighted by atomic mass is 16.4. The summed E-state index contributed by atoms with van der Waals surface area (Å²) < 4.78 is 0. The number of nitrogens with one attached hydrogen (secondary N) is 1. The number of Topliss-reactive ketones (excluding diaryl/α,β-unsaturated/α-hetero) is 1. The molecule has 0 bridgehead atoms. The number of benzene rings is 1. The zero-order chi connectivity index (χ0) is 22.6. The molecule has 0 amide bonds. The van der Waals surface area contributed by atoms with Gasteiger partial charge in [0.15, 0.2) is 5.78 Å². The van der Waals surface area contributed by atoms with E-state index in [1.54, 1.807) is 0 Å². The Kier molecular flexibility index (Phi) is 10.6. The first kappa shape index (κ1) is 25.0. The molecule has 1 saturated heterocycles. The van der Waals surface area contributed by atoms with Crippen molar-refractivity contribution in [3.8, 4) is 0 Å². The molecule has 3 atom stereocenters. The van der Waals surface area contributed by atoms with Crippen LogP contribution in [0.25, 0.3) is 0 Å². The average Bonchev–Trinajstić information content (AvgIpc) is 3.28. The Morgan fingerprint density at radius 2 is 1.68 bits per heavy atom. The number of carboxylic acids is 2. The molecule has 1 aliphatic heterocycles. The van der Waals surface area contributed by atoms with Crippen LogP contribution in [0.1, 0.15) is 50.5 Å². The van der Waals surface area contributed by atoms with E-state index in [9.17, 15) is 24.6 Å². The van der Waals surface area contributed by atoms with Crippen LogP contribution >= 0.6 is 0 Å². The monoisotopic (exact) mass is 433 g/mol. The summed E-state index contributed by atoms with van der Waals surface area (Å²) >= 11 is 0. The van der Waals surface area contributed by atoms with Crippen LogP contribution in [-0.4, -0.2) is 70.6 Å². The molecule has 0 aliphatic carbocycles. The van der Waals surface area contributed by atoms with E-state index in [0.717, 1.165) is 24.8 Å². The standard InChI is InChI=1S/C23H35N3O5/c24-13-5-4-10-18(22(29)20(16-21(27)28)26-14-6-7-15-26)25-19(23(30)31)12-11-17-8-2-1-3-9-17/h1-3,8-9,18-20,25H,4-7,10-16,24H2,(H,27,28)(H,30,31)/t18-,19-,20-/m0/s1. The molecule has 1 fully saturated rings. The van der Waals surface area contributed by atoms with Gasteiger partial charge in [-0.2, -0.15) is 0 Å². The van der Waals surface area contributed by atoms with Gasteiger partial charge in [0.25, 0.3) is 0 Å². The predicted molar refractivity (Wildman–Crippen MR) is 118 cm³/mol. The normalized spacial score (nSPS) is 17.2. The van der Waals surface area contributed by atoms with E-state index in [2.05, 4.69) is 5.32 Å². The van der Waals surface area contributed by atoms with Crippen molar-refractivity contribution in [1.82, 2.24) is 10.2 Å². The molecule has 1 aromatic carbocycles. The van der Waals surface area contributed by atoms with Crippen LogP contribution in [-0.2, 0) is 20.8 Å². The number of hydrogen-bond acceptors (Lipinski definition) is 6. The summed E-state index contributed by atoms with van der Waals surface area (Å²) in [6.07, 6.45) is 4.34. The number of nitrogens with two attached hydrogens (primary N) is 1. The van der Waals surface area contributed by atoms with Gasteiger partial charge in [0.05, 0.1) is 18.5 Å². The molecule has 5 N–H and O–H groups in total. The van der Waals surface area contributed by atoms with E-state index >= 15 is 0 Å². The van der Waals surface area contributed by atoms with Crippen molar-refractivity contribution in [1.29, 1.82) is 0 Å². The predicted octanol–water partition coefficient (Wildman–Crippen LogP) is 1.67. The van der Waals surface area contributed by atoms with Crippen molar-refractivity contribution in [2.24, 2.45) is 5.73 Å². The first-order chi connectivity index (χ1) is 14.9. The number of ketones is 1. The smallest absolute Gasteiger partial charge is 0.320 e. The Labute approximate surface area is 183 Å². The minimum absolute atomic E-state index is 0.229. The fourth-order valence-corrected chi connectivity index (χ4v) is 4.14. The molecule has 172 valence electrons. The summed E-state index contributed by atoms with van der Waals surface area (Å²) in [4.78, 5) is 38.7. The largest absolute Gasteiger partial charge is 0.481 e. The third-order valence-electron chi connectivity index (χ3n) is 5.83. The van der Waals surface area contributed by atoms with Crippen LogP contribution in [0.15, 0.2) is 30.3 Å². The summed E-state index contributed by atoms with van der Waals surface area (Å²) in [7, 11) is 0. The van der Waals surface area contributed by atoms with Crippen molar-refractivity contribution < 1.29 is 24.6 Å². The molecule has 31 heavy (non-hydrogen) atoms. The zero-order valence-electron chi connectivity index (χ0n) is 18.0. The molecule has 0 saturated carbocycles. The van der Waals surface area contributed by atoms with E-state index in [-0.39, 0.29) is 12.2 Å². The second-order valence-electron chi connectivity index (χ2n) is 8.18. The second kappa shape index (κ2) is 13.2. The highest BCUT2D eigenvalue weighted by Crippen LogP contribution is 2.19. The van der Waals surface area contributed by atoms with Gasteiger partial charge in [0.1, 0.15) is 6.04 Å². The molecule has 1 aromatic rings. The SMILES string of the molecule is NCCCC[C@H](N[C@@H](CCc1ccccc1)C(=O)O)C(=O)[C@H](CC(=O)O)N1CCCC1. The van der Waals surface area contributed by atoms with Gasteiger partial charge in [-0.3, -0.25) is 24.6 Å². The number of carbonyl (C=O) groups excluding carboxylic acids is 1. The Hall–Kier alpha value is -2.29. The van der Waals surface area contributed by atoms with Crippen LogP contribution in [0, 0.1) is 0 Å². The number of likely N-dealkylation sites (tertiary alicyclic amines) is 1. The molecule has 0 spiro atoms. The molecule has 0 unspecified atom stereocenters. The lowest BCUT2D eigenvalue weighted by Gasteiger charge is -2.30. The highest BCUT2D eigenvalue weighted by Gasteiger charge is 2.36. The molecular formula is C23H35N3O5. The van der Waals surface area contributed by atoms with Crippen molar-refractivity contribution >= 4 is 17.7 Å². The molecule has 2 rings (SSSR count). The van der Waals surface area contributed by atoms with Gasteiger partial charge in [-0.1, -0.05) is 36.8 Å². The van der Waals surface area contributed by atoms with Gasteiger partial charge < -0.3 is 15.9 Å². The Bertz CT molecular complexity index is 706. The van der Waals surface area contributed by atoms with Gasteiger partial charge >= 0.3 is 11.9 Å². The summed E-state index contributed by atoms with van der Waals surface area (Å²) in [6, 6.07) is 7.26. The lowest BCUT2D eigenvalue weighted by atomic mass is 9.95. The third-order valence-corrected chi connectivity index (χ3v) is 5.83. The number of nitrogens with zero attached hydrogens (tertiary/aromatic N) is 1. The number of hydrogen-bond donors (Lipinski definition) is 4. The van der Waals surface area contributed by atoms with Gasteiger partial charge in [-0.15, -0.1) is 0 Å². The number of aliphatic carboxylic acids is 2. The van der Waals surface area contributed by atoms with E-state index in [0.29, 0.717) is 45.3 Å². The third kappa shape index (κ3) is 8.40. The summed E-state index contributed by atoms with van der Waals surface area (Å²) in [5, 5.41) is 22.2. The minimum atomic E-state index is -1.02. The van der Waals surface area contributed by atoms with Crippen LogP contribution in [0.4, 0.5) is 0 Å². The van der Waals surface area contributed by atoms with Crippen molar-refractivity contribution in [3.63, 3.8) is 0 Å². The molecule has 8 nitrogen and oxygen atoms in total. The lowest BCUT2D eigenvalue weighted by Crippen LogP contribution is -2.54. The number of carboxylic acid groups (broad SMARTS) is 2. The van der Waals surface area contributed by atoms with Gasteiger partial charge in [-0.05, 0) is 63.7 Å². The van der Waals surface area contributed by atoms with Gasteiger partial charge in [-0.25, -0.2) is 0 Å². The summed E-state index contributed by atoms with van der Waals surface area (Å²) in [5.74, 6) is -2.26. The molecule has 1 aliphatic rings. The Morgan fingerprint density at radius 1 is 1.00 bits per heavy atom. The van der Waals surface area contributed by atoms with Crippen LogP contribution in [0.2, 0.25) is 0 Å². The first-order valence-electron chi connectivity index (χ1n) is 11.1. The Balaban J connectivity index is 2.13. The number of aryl methyl sites for hydroxylation is 1. The van der Waals surface area contributed by atoms with Crippen molar-refractivity contribution in [3.05, 3.63) is 35.9 Å². The average molecular weight is 434 g/mol. The van der Waals surface area contributed by atoms with Crippen LogP contribution < -0.4 is 11.1 Å². The molecule has 1 heterocycles. The van der Waals surface area contributed by atoms with E-state index in [4.69, 9.17) is 5.73 Å². The molecule has 0 aromatic heterocycles. The number of unbranched alkanes of at least 4 members (excludes halogenated alkanes) is 1. The maximum Gasteiger partial charge on any atom is 0.320 e. The van der Waals surface area contributed by atoms with E-state index in [1.165, 1.54) is 0 Å². The fourth-order valence-electron chi connectivity index (χ4n) is 4.14. The lowest BCUT2D eigenvalue weighted by molar-refractivity contribution is -0.143. The van der Waals surface area contributed by atoms with Gasteiger partial charge in [0.2, 0.25) is 0 Å².